The molecule has 0 aliphatic carbocycles. The van der Waals surface area contributed by atoms with E-state index in [1.54, 1.807) is 6.92 Å². The van der Waals surface area contributed by atoms with Crippen LogP contribution in [0, 0.1) is 5.82 Å². The van der Waals surface area contributed by atoms with E-state index in [9.17, 15) is 19.1 Å². The van der Waals surface area contributed by atoms with Gasteiger partial charge in [-0.3, -0.25) is 10.1 Å². The van der Waals surface area contributed by atoms with E-state index in [4.69, 9.17) is 16.3 Å². The van der Waals surface area contributed by atoms with Gasteiger partial charge in [0.25, 0.3) is 5.78 Å². The van der Waals surface area contributed by atoms with Crippen molar-refractivity contribution in [1.29, 1.82) is 0 Å². The van der Waals surface area contributed by atoms with Crippen LogP contribution in [0.25, 0.3) is 0 Å². The molecule has 1 aromatic carbocycles. The van der Waals surface area contributed by atoms with E-state index in [0.29, 0.717) is 0 Å². The van der Waals surface area contributed by atoms with Crippen LogP contribution in [-0.2, 0) is 19.9 Å². The summed E-state index contributed by atoms with van der Waals surface area (Å²) < 4.78 is 23.4. The quantitative estimate of drug-likeness (QED) is 0.890. The number of hydrogen-bond acceptors (Lipinski definition) is 5. The highest BCUT2D eigenvalue weighted by Crippen LogP contribution is 2.40. The molecule has 2 N–H and O–H groups in total. The molecule has 1 atom stereocenters. The van der Waals surface area contributed by atoms with Gasteiger partial charge in [0, 0.05) is 10.6 Å². The lowest BCUT2D eigenvalue weighted by Crippen LogP contribution is -2.33. The molecule has 0 saturated carbocycles. The predicted molar refractivity (Wildman–Crippen MR) is 74.7 cm³/mol. The predicted octanol–water partition coefficient (Wildman–Crippen LogP) is 2.77. The summed E-state index contributed by atoms with van der Waals surface area (Å²) >= 11 is 5.97. The van der Waals surface area contributed by atoms with E-state index >= 15 is 0 Å². The molecule has 1 heterocycles. The number of halogens is 2. The molecular weight excluding hydrogens is 317 g/mol. The second-order valence-electron chi connectivity index (χ2n) is 4.61. The third-order valence-corrected chi connectivity index (χ3v) is 3.43. The number of aliphatic hydroxyl groups excluding tert-OH is 1. The minimum absolute atomic E-state index is 0.0337. The van der Waals surface area contributed by atoms with Crippen LogP contribution in [0.1, 0.15) is 19.4 Å². The summed E-state index contributed by atoms with van der Waals surface area (Å²) in [4.78, 5) is 23.6. The fourth-order valence-corrected chi connectivity index (χ4v) is 2.31. The maximum Gasteiger partial charge on any atom is 0.414 e. The number of carbonyl (C=O) groups excluding carboxylic acids is 2. The molecule has 22 heavy (non-hydrogen) atoms. The van der Waals surface area contributed by atoms with E-state index in [2.05, 4.69) is 10.1 Å². The molecule has 8 heteroatoms. The molecule has 1 aliphatic rings. The van der Waals surface area contributed by atoms with Crippen LogP contribution in [0.2, 0.25) is 5.02 Å². The molecule has 6 nitrogen and oxygen atoms in total. The van der Waals surface area contributed by atoms with E-state index in [0.717, 1.165) is 12.1 Å². The summed E-state index contributed by atoms with van der Waals surface area (Å²) in [6.45, 7) is 3.00. The Morgan fingerprint density at radius 3 is 2.86 bits per heavy atom. The molecule has 1 amide bonds. The summed E-state index contributed by atoms with van der Waals surface area (Å²) in [6, 6.07) is 3.42. The first kappa shape index (κ1) is 16.1. The molecule has 1 unspecified atom stereocenters. The Morgan fingerprint density at radius 2 is 2.23 bits per heavy atom. The molecule has 0 bridgehead atoms. The average molecular weight is 330 g/mol. The van der Waals surface area contributed by atoms with Crippen molar-refractivity contribution in [1.82, 2.24) is 5.32 Å². The number of Topliss-reactive ketones (excluding diaryl/α,β-unsaturated/α-hetero) is 1. The van der Waals surface area contributed by atoms with Crippen molar-refractivity contribution in [3.05, 3.63) is 46.2 Å². The normalized spacial score (nSPS) is 20.8. The van der Waals surface area contributed by atoms with Gasteiger partial charge < -0.3 is 14.6 Å². The number of ether oxygens (including phenoxy) is 2. The van der Waals surface area contributed by atoms with Crippen LogP contribution in [0.3, 0.4) is 0 Å². The lowest BCUT2D eigenvalue weighted by atomic mass is 9.91. The molecule has 0 fully saturated rings. The Bertz CT molecular complexity index is 675. The van der Waals surface area contributed by atoms with Gasteiger partial charge in [0.15, 0.2) is 0 Å². The summed E-state index contributed by atoms with van der Waals surface area (Å²) in [6.07, 6.45) is -0.897. The summed E-state index contributed by atoms with van der Waals surface area (Å²) in [5.41, 5.74) is -1.72. The first-order valence-corrected chi connectivity index (χ1v) is 6.73. The zero-order valence-electron chi connectivity index (χ0n) is 11.8. The zero-order chi connectivity index (χ0) is 16.5. The maximum absolute atomic E-state index is 13.4. The molecule has 2 rings (SSSR count). The smallest absolute Gasteiger partial charge is 0.414 e. The first-order chi connectivity index (χ1) is 10.3. The largest absolute Gasteiger partial charge is 0.501 e. The average Bonchev–Trinajstić information content (AvgIpc) is 2.67. The number of alkyl carbamates (subject to hydrolysis) is 1. The van der Waals surface area contributed by atoms with Crippen LogP contribution in [-0.4, -0.2) is 23.6 Å². The van der Waals surface area contributed by atoms with Gasteiger partial charge in [0.2, 0.25) is 17.2 Å². The number of carbonyl (C=O) groups is 2. The maximum atomic E-state index is 13.4. The lowest BCUT2D eigenvalue weighted by molar-refractivity contribution is -0.131. The Morgan fingerprint density at radius 1 is 1.55 bits per heavy atom. The third-order valence-electron chi connectivity index (χ3n) is 3.10. The fraction of sp³-hybridized carbons (Fsp3) is 0.286. The van der Waals surface area contributed by atoms with Crippen LogP contribution in [0.4, 0.5) is 9.18 Å². The highest BCUT2D eigenvalue weighted by atomic mass is 35.5. The second-order valence-corrected chi connectivity index (χ2v) is 5.02. The van der Waals surface area contributed by atoms with Crippen molar-refractivity contribution in [3.8, 4) is 0 Å². The Balaban J connectivity index is 2.34. The minimum atomic E-state index is -1.75. The standard InChI is InChI=1S/C14H13ClFNO5/c1-3-21-13(20)17-12-10(18)11(19)14(2,22-12)8-6-7(16)4-5-9(8)15/h4-6,18H,3H2,1-2H3,(H,17,20). The van der Waals surface area contributed by atoms with Crippen molar-refractivity contribution in [2.45, 2.75) is 19.4 Å². The first-order valence-electron chi connectivity index (χ1n) is 6.36. The van der Waals surface area contributed by atoms with Crippen molar-refractivity contribution >= 4 is 23.5 Å². The molecule has 1 aromatic rings. The van der Waals surface area contributed by atoms with Gasteiger partial charge in [0.05, 0.1) is 6.61 Å². The van der Waals surface area contributed by atoms with Crippen molar-refractivity contribution < 1.29 is 28.6 Å². The fourth-order valence-electron chi connectivity index (χ4n) is 2.01. The van der Waals surface area contributed by atoms with Gasteiger partial charge in [-0.05, 0) is 32.0 Å². The van der Waals surface area contributed by atoms with Crippen molar-refractivity contribution in [2.75, 3.05) is 6.61 Å². The van der Waals surface area contributed by atoms with Gasteiger partial charge >= 0.3 is 6.09 Å². The Kier molecular flexibility index (Phi) is 4.27. The molecular formula is C14H13ClFNO5. The van der Waals surface area contributed by atoms with Gasteiger partial charge in [-0.2, -0.15) is 0 Å². The van der Waals surface area contributed by atoms with E-state index in [1.165, 1.54) is 13.0 Å². The lowest BCUT2D eigenvalue weighted by Gasteiger charge is -2.24. The number of nitrogens with one attached hydrogen (secondary N) is 1. The molecule has 118 valence electrons. The van der Waals surface area contributed by atoms with Crippen LogP contribution < -0.4 is 5.32 Å². The van der Waals surface area contributed by atoms with Crippen LogP contribution >= 0.6 is 11.6 Å². The topological polar surface area (TPSA) is 84.9 Å². The number of benzene rings is 1. The van der Waals surface area contributed by atoms with Crippen molar-refractivity contribution in [3.63, 3.8) is 0 Å². The number of hydrogen-bond donors (Lipinski definition) is 2. The SMILES string of the molecule is CCOC(=O)NC1=C(O)C(=O)C(C)(c2cc(F)ccc2Cl)O1. The van der Waals surface area contributed by atoms with E-state index in [-0.39, 0.29) is 17.2 Å². The van der Waals surface area contributed by atoms with E-state index < -0.39 is 34.9 Å². The highest BCUT2D eigenvalue weighted by molar-refractivity contribution is 6.32. The number of rotatable bonds is 3. The summed E-state index contributed by atoms with van der Waals surface area (Å²) in [5, 5.41) is 12.0. The molecule has 0 saturated heterocycles. The molecule has 0 radical (unpaired) electrons. The van der Waals surface area contributed by atoms with Gasteiger partial charge in [0.1, 0.15) is 5.82 Å². The highest BCUT2D eigenvalue weighted by Gasteiger charge is 2.49. The van der Waals surface area contributed by atoms with Crippen LogP contribution in [0.5, 0.6) is 0 Å². The second kappa shape index (κ2) is 5.84. The molecule has 0 aromatic heterocycles. The monoisotopic (exact) mass is 329 g/mol. The molecule has 0 spiro atoms. The van der Waals surface area contributed by atoms with E-state index in [1.807, 2.05) is 0 Å². The number of ketones is 1. The van der Waals surface area contributed by atoms with Crippen molar-refractivity contribution in [2.24, 2.45) is 0 Å². The zero-order valence-corrected chi connectivity index (χ0v) is 12.5. The Hall–Kier alpha value is -2.28. The molecule has 1 aliphatic heterocycles. The van der Waals surface area contributed by atoms with Gasteiger partial charge in [-0.15, -0.1) is 0 Å². The van der Waals surface area contributed by atoms with Gasteiger partial charge in [-0.1, -0.05) is 11.6 Å². The number of amides is 1. The third kappa shape index (κ3) is 2.71. The Labute approximate surface area is 130 Å². The van der Waals surface area contributed by atoms with Crippen LogP contribution in [0.15, 0.2) is 29.8 Å². The number of aliphatic hydroxyl groups is 1. The van der Waals surface area contributed by atoms with Gasteiger partial charge in [-0.25, -0.2) is 9.18 Å². The summed E-state index contributed by atoms with van der Waals surface area (Å²) in [5.74, 6) is -2.74. The minimum Gasteiger partial charge on any atom is -0.501 e. The summed E-state index contributed by atoms with van der Waals surface area (Å²) in [7, 11) is 0.